The molecule has 0 amide bonds. The minimum atomic E-state index is 0.673. The third-order valence-corrected chi connectivity index (χ3v) is 3.16. The first kappa shape index (κ1) is 12.0. The van der Waals surface area contributed by atoms with Crippen molar-refractivity contribution in [3.63, 3.8) is 0 Å². The lowest BCUT2D eigenvalue weighted by Gasteiger charge is -2.37. The molecule has 14 heavy (non-hydrogen) atoms. The molecule has 0 radical (unpaired) electrons. The van der Waals surface area contributed by atoms with Gasteiger partial charge in [0.1, 0.15) is 0 Å². The molecule has 1 aliphatic heterocycles. The van der Waals surface area contributed by atoms with E-state index in [0.29, 0.717) is 6.04 Å². The quantitative estimate of drug-likeness (QED) is 0.683. The van der Waals surface area contributed by atoms with E-state index in [2.05, 4.69) is 24.2 Å². The molecule has 1 aliphatic rings. The van der Waals surface area contributed by atoms with Crippen LogP contribution in [0.5, 0.6) is 0 Å². The first-order valence-electron chi connectivity index (χ1n) is 5.89. The van der Waals surface area contributed by atoms with Gasteiger partial charge in [-0.15, -0.1) is 0 Å². The lowest BCUT2D eigenvalue weighted by molar-refractivity contribution is 0.142. The van der Waals surface area contributed by atoms with Crippen LogP contribution in [0.1, 0.15) is 26.2 Å². The maximum atomic E-state index is 5.60. The summed E-state index contributed by atoms with van der Waals surface area (Å²) in [7, 11) is 2.07. The summed E-state index contributed by atoms with van der Waals surface area (Å²) in [6.45, 7) is 6.54. The van der Waals surface area contributed by atoms with Gasteiger partial charge < -0.3 is 16.0 Å². The molecule has 0 aromatic heterocycles. The smallest absolute Gasteiger partial charge is 0.0195 e. The standard InChI is InChI=1S/C11H25N3/c1-3-4-10-7-11(13-2)9-14(8-10)6-5-12/h10-11,13H,3-9,12H2,1-2H3. The minimum Gasteiger partial charge on any atom is -0.329 e. The van der Waals surface area contributed by atoms with E-state index in [9.17, 15) is 0 Å². The van der Waals surface area contributed by atoms with Crippen LogP contribution in [0.3, 0.4) is 0 Å². The summed E-state index contributed by atoms with van der Waals surface area (Å²) in [6, 6.07) is 0.673. The summed E-state index contributed by atoms with van der Waals surface area (Å²) in [6.07, 6.45) is 4.00. The number of nitrogens with two attached hydrogens (primary N) is 1. The molecule has 1 saturated heterocycles. The molecule has 1 fully saturated rings. The molecule has 0 spiro atoms. The number of nitrogens with one attached hydrogen (secondary N) is 1. The number of hydrogen-bond acceptors (Lipinski definition) is 3. The summed E-state index contributed by atoms with van der Waals surface area (Å²) < 4.78 is 0. The van der Waals surface area contributed by atoms with E-state index < -0.39 is 0 Å². The van der Waals surface area contributed by atoms with Crippen LogP contribution in [0.15, 0.2) is 0 Å². The van der Waals surface area contributed by atoms with E-state index in [1.807, 2.05) is 0 Å². The molecule has 0 aromatic carbocycles. The predicted octanol–water partition coefficient (Wildman–Crippen LogP) is 0.655. The largest absolute Gasteiger partial charge is 0.329 e. The Kier molecular flexibility index (Phi) is 5.45. The summed E-state index contributed by atoms with van der Waals surface area (Å²) in [5, 5.41) is 3.40. The zero-order valence-electron chi connectivity index (χ0n) is 9.63. The Morgan fingerprint density at radius 2 is 2.21 bits per heavy atom. The molecule has 2 unspecified atom stereocenters. The second-order valence-electron chi connectivity index (χ2n) is 4.42. The van der Waals surface area contributed by atoms with Crippen LogP contribution in [-0.2, 0) is 0 Å². The van der Waals surface area contributed by atoms with Gasteiger partial charge >= 0.3 is 0 Å². The van der Waals surface area contributed by atoms with Gasteiger partial charge in [-0.05, 0) is 25.8 Å². The maximum Gasteiger partial charge on any atom is 0.0195 e. The van der Waals surface area contributed by atoms with E-state index in [-0.39, 0.29) is 0 Å². The number of nitrogens with zero attached hydrogens (tertiary/aromatic N) is 1. The van der Waals surface area contributed by atoms with Crippen LogP contribution in [0, 0.1) is 5.92 Å². The van der Waals surface area contributed by atoms with Crippen molar-refractivity contribution in [1.82, 2.24) is 10.2 Å². The van der Waals surface area contributed by atoms with Crippen LogP contribution in [0.25, 0.3) is 0 Å². The highest BCUT2D eigenvalue weighted by molar-refractivity contribution is 4.82. The Labute approximate surface area is 88.0 Å². The number of likely N-dealkylation sites (N-methyl/N-ethyl adjacent to an activating group) is 1. The lowest BCUT2D eigenvalue weighted by Crippen LogP contribution is -2.49. The van der Waals surface area contributed by atoms with E-state index in [1.54, 1.807) is 0 Å². The molecule has 0 bridgehead atoms. The summed E-state index contributed by atoms with van der Waals surface area (Å²) in [5.41, 5.74) is 5.60. The number of rotatable bonds is 5. The van der Waals surface area contributed by atoms with Crippen molar-refractivity contribution in [3.05, 3.63) is 0 Å². The van der Waals surface area contributed by atoms with Crippen LogP contribution < -0.4 is 11.1 Å². The first-order valence-corrected chi connectivity index (χ1v) is 5.89. The topological polar surface area (TPSA) is 41.3 Å². The Balaban J connectivity index is 2.39. The molecule has 0 aliphatic carbocycles. The molecular weight excluding hydrogens is 174 g/mol. The summed E-state index contributed by atoms with van der Waals surface area (Å²) >= 11 is 0. The molecule has 1 rings (SSSR count). The zero-order valence-corrected chi connectivity index (χ0v) is 9.63. The molecule has 2 atom stereocenters. The second-order valence-corrected chi connectivity index (χ2v) is 4.42. The lowest BCUT2D eigenvalue weighted by atomic mass is 9.90. The van der Waals surface area contributed by atoms with Gasteiger partial charge in [0.25, 0.3) is 0 Å². The molecule has 0 aromatic rings. The highest BCUT2D eigenvalue weighted by Gasteiger charge is 2.24. The molecule has 3 nitrogen and oxygen atoms in total. The molecule has 1 heterocycles. The molecule has 0 saturated carbocycles. The monoisotopic (exact) mass is 199 g/mol. The molecular formula is C11H25N3. The van der Waals surface area contributed by atoms with Gasteiger partial charge in [0.2, 0.25) is 0 Å². The van der Waals surface area contributed by atoms with Crippen molar-refractivity contribution >= 4 is 0 Å². The second kappa shape index (κ2) is 6.38. The van der Waals surface area contributed by atoms with Gasteiger partial charge in [0.15, 0.2) is 0 Å². The van der Waals surface area contributed by atoms with Gasteiger partial charge in [0, 0.05) is 32.2 Å². The molecule has 3 heteroatoms. The fourth-order valence-corrected chi connectivity index (χ4v) is 2.49. The summed E-state index contributed by atoms with van der Waals surface area (Å²) in [5.74, 6) is 0.873. The number of likely N-dealkylation sites (tertiary alicyclic amines) is 1. The number of hydrogen-bond donors (Lipinski definition) is 2. The third-order valence-electron chi connectivity index (χ3n) is 3.16. The van der Waals surface area contributed by atoms with Crippen LogP contribution >= 0.6 is 0 Å². The Hall–Kier alpha value is -0.120. The van der Waals surface area contributed by atoms with Crippen LogP contribution in [-0.4, -0.2) is 44.2 Å². The van der Waals surface area contributed by atoms with Gasteiger partial charge in [-0.2, -0.15) is 0 Å². The van der Waals surface area contributed by atoms with E-state index in [1.165, 1.54) is 32.4 Å². The zero-order chi connectivity index (χ0) is 10.4. The average molecular weight is 199 g/mol. The van der Waals surface area contributed by atoms with Crippen molar-refractivity contribution < 1.29 is 0 Å². The van der Waals surface area contributed by atoms with Crippen LogP contribution in [0.4, 0.5) is 0 Å². The van der Waals surface area contributed by atoms with E-state index >= 15 is 0 Å². The van der Waals surface area contributed by atoms with Crippen molar-refractivity contribution in [3.8, 4) is 0 Å². The van der Waals surface area contributed by atoms with Crippen molar-refractivity contribution in [2.75, 3.05) is 33.2 Å². The average Bonchev–Trinajstić information content (AvgIpc) is 2.18. The molecule has 84 valence electrons. The third kappa shape index (κ3) is 3.56. The minimum absolute atomic E-state index is 0.673. The van der Waals surface area contributed by atoms with Crippen molar-refractivity contribution in [1.29, 1.82) is 0 Å². The molecule has 3 N–H and O–H groups in total. The Morgan fingerprint density at radius 1 is 1.43 bits per heavy atom. The van der Waals surface area contributed by atoms with E-state index in [0.717, 1.165) is 19.0 Å². The van der Waals surface area contributed by atoms with Gasteiger partial charge in [-0.25, -0.2) is 0 Å². The van der Waals surface area contributed by atoms with Gasteiger partial charge in [-0.1, -0.05) is 13.3 Å². The highest BCUT2D eigenvalue weighted by Crippen LogP contribution is 2.20. The van der Waals surface area contributed by atoms with Gasteiger partial charge in [-0.3, -0.25) is 0 Å². The van der Waals surface area contributed by atoms with Crippen molar-refractivity contribution in [2.45, 2.75) is 32.2 Å². The van der Waals surface area contributed by atoms with Crippen LogP contribution in [0.2, 0.25) is 0 Å². The van der Waals surface area contributed by atoms with Crippen molar-refractivity contribution in [2.24, 2.45) is 11.7 Å². The number of piperidine rings is 1. The first-order chi connectivity index (χ1) is 6.80. The SMILES string of the molecule is CCCC1CC(NC)CN(CCN)C1. The van der Waals surface area contributed by atoms with E-state index in [4.69, 9.17) is 5.73 Å². The Bertz CT molecular complexity index is 135. The highest BCUT2D eigenvalue weighted by atomic mass is 15.2. The predicted molar refractivity (Wildman–Crippen MR) is 61.4 cm³/mol. The normalized spacial score (nSPS) is 29.4. The van der Waals surface area contributed by atoms with Gasteiger partial charge in [0.05, 0.1) is 0 Å². The Morgan fingerprint density at radius 3 is 2.79 bits per heavy atom. The fourth-order valence-electron chi connectivity index (χ4n) is 2.49. The summed E-state index contributed by atoms with van der Waals surface area (Å²) in [4.78, 5) is 2.50. The fraction of sp³-hybridized carbons (Fsp3) is 1.00. The maximum absolute atomic E-state index is 5.60.